The van der Waals surface area contributed by atoms with Gasteiger partial charge in [-0.25, -0.2) is 0 Å². The first-order valence-electron chi connectivity index (χ1n) is 10.9. The summed E-state index contributed by atoms with van der Waals surface area (Å²) >= 11 is 1.19. The predicted molar refractivity (Wildman–Crippen MR) is 132 cm³/mol. The van der Waals surface area contributed by atoms with Gasteiger partial charge in [0.05, 0.1) is 11.3 Å². The summed E-state index contributed by atoms with van der Waals surface area (Å²) in [5, 5.41) is 23.7. The maximum Gasteiger partial charge on any atom is 0.265 e. The number of nitrogens with zero attached hydrogens (tertiary/aromatic N) is 4. The normalized spacial score (nSPS) is 17.0. The lowest BCUT2D eigenvalue weighted by molar-refractivity contribution is -0.127. The molecule has 0 saturated carbocycles. The van der Waals surface area contributed by atoms with Crippen molar-refractivity contribution in [3.63, 3.8) is 0 Å². The van der Waals surface area contributed by atoms with Crippen molar-refractivity contribution < 1.29 is 14.4 Å². The highest BCUT2D eigenvalue weighted by Crippen LogP contribution is 2.38. The third-order valence-electron chi connectivity index (χ3n) is 5.15. The van der Waals surface area contributed by atoms with Crippen LogP contribution < -0.4 is 15.5 Å². The molecule has 34 heavy (non-hydrogen) atoms. The number of benzene rings is 1. The van der Waals surface area contributed by atoms with Gasteiger partial charge in [-0.05, 0) is 31.5 Å². The Hall–Kier alpha value is -3.50. The van der Waals surface area contributed by atoms with E-state index in [-0.39, 0.29) is 23.9 Å². The maximum atomic E-state index is 12.9. The average Bonchev–Trinajstić information content (AvgIpc) is 3.11. The van der Waals surface area contributed by atoms with E-state index in [0.29, 0.717) is 24.5 Å². The van der Waals surface area contributed by atoms with Crippen molar-refractivity contribution in [2.24, 2.45) is 5.41 Å². The molecule has 0 radical (unpaired) electrons. The quantitative estimate of drug-likeness (QED) is 0.331. The first-order valence-corrected chi connectivity index (χ1v) is 11.8. The Bertz CT molecular complexity index is 1060. The molecule has 0 aromatic heterocycles. The van der Waals surface area contributed by atoms with Gasteiger partial charge in [0, 0.05) is 36.9 Å². The third-order valence-corrected chi connectivity index (χ3v) is 6.52. The SMILES string of the molecule is CCN1C(=O)C(CCNc2cccc(N(C)C(=O)C(C)(C)C)c2)S/C1=C(/C#N)C(=O)NCC#N. The van der Waals surface area contributed by atoms with Crippen molar-refractivity contribution in [1.29, 1.82) is 10.5 Å². The van der Waals surface area contributed by atoms with E-state index >= 15 is 0 Å². The van der Waals surface area contributed by atoms with Crippen molar-refractivity contribution in [1.82, 2.24) is 10.2 Å². The van der Waals surface area contributed by atoms with Gasteiger partial charge in [0.2, 0.25) is 11.8 Å². The average molecular weight is 483 g/mol. The van der Waals surface area contributed by atoms with Gasteiger partial charge in [0.15, 0.2) is 0 Å². The number of nitriles is 2. The molecule has 1 heterocycles. The summed E-state index contributed by atoms with van der Waals surface area (Å²) in [5.74, 6) is -0.819. The van der Waals surface area contributed by atoms with Crippen LogP contribution in [0.15, 0.2) is 34.9 Å². The monoisotopic (exact) mass is 482 g/mol. The number of rotatable bonds is 8. The zero-order valence-corrected chi connectivity index (χ0v) is 21.0. The molecule has 2 rings (SSSR count). The van der Waals surface area contributed by atoms with Crippen molar-refractivity contribution in [3.05, 3.63) is 34.9 Å². The molecular formula is C24H30N6O3S. The minimum absolute atomic E-state index is 0.00341. The summed E-state index contributed by atoms with van der Waals surface area (Å²) < 4.78 is 0. The zero-order valence-electron chi connectivity index (χ0n) is 20.1. The van der Waals surface area contributed by atoms with Crippen LogP contribution >= 0.6 is 11.8 Å². The van der Waals surface area contributed by atoms with E-state index in [1.54, 1.807) is 24.9 Å². The molecule has 0 bridgehead atoms. The second-order valence-electron chi connectivity index (χ2n) is 8.70. The van der Waals surface area contributed by atoms with Crippen molar-refractivity contribution in [2.75, 3.05) is 36.9 Å². The topological polar surface area (TPSA) is 129 Å². The highest BCUT2D eigenvalue weighted by molar-refractivity contribution is 8.04. The number of anilines is 2. The number of hydrogen-bond donors (Lipinski definition) is 2. The molecule has 0 spiro atoms. The number of carbonyl (C=O) groups is 3. The summed E-state index contributed by atoms with van der Waals surface area (Å²) in [7, 11) is 1.74. The summed E-state index contributed by atoms with van der Waals surface area (Å²) in [6.07, 6.45) is 0.475. The van der Waals surface area contributed by atoms with E-state index in [4.69, 9.17) is 5.26 Å². The second kappa shape index (κ2) is 11.6. The van der Waals surface area contributed by atoms with Crippen LogP contribution in [0.3, 0.4) is 0 Å². The Labute approximate surface area is 204 Å². The minimum Gasteiger partial charge on any atom is -0.385 e. The van der Waals surface area contributed by atoms with Crippen LogP contribution in [0, 0.1) is 28.1 Å². The molecule has 1 atom stereocenters. The van der Waals surface area contributed by atoms with Crippen molar-refractivity contribution >= 4 is 40.9 Å². The van der Waals surface area contributed by atoms with Gasteiger partial charge in [-0.1, -0.05) is 38.6 Å². The minimum atomic E-state index is -0.665. The lowest BCUT2D eigenvalue weighted by atomic mass is 9.94. The molecule has 9 nitrogen and oxygen atoms in total. The summed E-state index contributed by atoms with van der Waals surface area (Å²) in [6.45, 7) is 7.99. The van der Waals surface area contributed by atoms with E-state index in [2.05, 4.69) is 10.6 Å². The first-order chi connectivity index (χ1) is 16.0. The number of hydrogen-bond acceptors (Lipinski definition) is 7. The standard InChI is InChI=1S/C24H30N6O3S/c1-6-30-21(32)19(34-22(30)18(15-26)20(31)28-13-11-25)10-12-27-16-8-7-9-17(14-16)29(5)23(33)24(2,3)4/h7-9,14,19,27H,6,10,12-13H2,1-5H3,(H,28,31)/b22-18-. The molecule has 1 aliphatic heterocycles. The van der Waals surface area contributed by atoms with Crippen LogP contribution in [-0.2, 0) is 14.4 Å². The largest absolute Gasteiger partial charge is 0.385 e. The van der Waals surface area contributed by atoms with E-state index < -0.39 is 16.6 Å². The molecule has 2 N–H and O–H groups in total. The van der Waals surface area contributed by atoms with E-state index in [1.165, 1.54) is 16.7 Å². The van der Waals surface area contributed by atoms with Gasteiger partial charge < -0.3 is 20.4 Å². The van der Waals surface area contributed by atoms with Crippen LogP contribution in [0.4, 0.5) is 11.4 Å². The third kappa shape index (κ3) is 6.30. The Balaban J connectivity index is 2.08. The number of carbonyl (C=O) groups excluding carboxylic acids is 3. The van der Waals surface area contributed by atoms with Crippen LogP contribution in [0.1, 0.15) is 34.1 Å². The van der Waals surface area contributed by atoms with Crippen LogP contribution in [0.2, 0.25) is 0 Å². The van der Waals surface area contributed by atoms with Gasteiger partial charge >= 0.3 is 0 Å². The predicted octanol–water partition coefficient (Wildman–Crippen LogP) is 2.84. The smallest absolute Gasteiger partial charge is 0.265 e. The van der Waals surface area contributed by atoms with Gasteiger partial charge in [-0.3, -0.25) is 14.4 Å². The van der Waals surface area contributed by atoms with Crippen LogP contribution in [-0.4, -0.2) is 54.6 Å². The second-order valence-corrected chi connectivity index (χ2v) is 9.89. The van der Waals surface area contributed by atoms with Gasteiger partial charge in [-0.15, -0.1) is 0 Å². The molecule has 1 aromatic rings. The summed E-state index contributed by atoms with van der Waals surface area (Å²) in [4.78, 5) is 40.7. The lowest BCUT2D eigenvalue weighted by Crippen LogP contribution is -2.36. The fraction of sp³-hybridized carbons (Fsp3) is 0.458. The summed E-state index contributed by atoms with van der Waals surface area (Å²) in [6, 6.07) is 11.2. The van der Waals surface area contributed by atoms with E-state index in [0.717, 1.165) is 11.4 Å². The van der Waals surface area contributed by atoms with Gasteiger partial charge in [-0.2, -0.15) is 10.5 Å². The van der Waals surface area contributed by atoms with E-state index in [9.17, 15) is 19.6 Å². The van der Waals surface area contributed by atoms with Gasteiger partial charge in [0.25, 0.3) is 5.91 Å². The molecule has 180 valence electrons. The highest BCUT2D eigenvalue weighted by atomic mass is 32.2. The number of amides is 3. The molecule has 3 amide bonds. The van der Waals surface area contributed by atoms with Gasteiger partial charge in [0.1, 0.15) is 23.2 Å². The fourth-order valence-corrected chi connectivity index (χ4v) is 4.73. The molecule has 1 aromatic carbocycles. The molecule has 1 aliphatic rings. The highest BCUT2D eigenvalue weighted by Gasteiger charge is 2.38. The van der Waals surface area contributed by atoms with E-state index in [1.807, 2.05) is 51.1 Å². The summed E-state index contributed by atoms with van der Waals surface area (Å²) in [5.41, 5.74) is 0.923. The number of nitrogens with one attached hydrogen (secondary N) is 2. The lowest BCUT2D eigenvalue weighted by Gasteiger charge is -2.26. The Morgan fingerprint density at radius 2 is 1.97 bits per heavy atom. The first kappa shape index (κ1) is 26.7. The zero-order chi connectivity index (χ0) is 25.5. The molecule has 1 unspecified atom stereocenters. The molecule has 0 aliphatic carbocycles. The van der Waals surface area contributed by atoms with Crippen molar-refractivity contribution in [3.8, 4) is 12.1 Å². The molecule has 1 fully saturated rings. The van der Waals surface area contributed by atoms with Crippen LogP contribution in [0.5, 0.6) is 0 Å². The van der Waals surface area contributed by atoms with Crippen LogP contribution in [0.25, 0.3) is 0 Å². The molecule has 1 saturated heterocycles. The van der Waals surface area contributed by atoms with Crippen molar-refractivity contribution in [2.45, 2.75) is 39.4 Å². The Morgan fingerprint density at radius 3 is 2.56 bits per heavy atom. The molecular weight excluding hydrogens is 452 g/mol. The Kier molecular flexibility index (Phi) is 9.11. The fourth-order valence-electron chi connectivity index (χ4n) is 3.39. The molecule has 10 heteroatoms. The maximum absolute atomic E-state index is 12.9. The Morgan fingerprint density at radius 1 is 1.26 bits per heavy atom. The number of thioether (sulfide) groups is 1.